The van der Waals surface area contributed by atoms with Crippen LogP contribution in [0.5, 0.6) is 5.75 Å². The number of nitrogens with zero attached hydrogens (tertiary/aromatic N) is 2. The van der Waals surface area contributed by atoms with Crippen molar-refractivity contribution in [2.24, 2.45) is 0 Å². The van der Waals surface area contributed by atoms with Crippen molar-refractivity contribution < 1.29 is 14.2 Å². The third-order valence-electron chi connectivity index (χ3n) is 4.06. The molecule has 0 saturated heterocycles. The van der Waals surface area contributed by atoms with E-state index in [2.05, 4.69) is 4.98 Å². The van der Waals surface area contributed by atoms with Crippen LogP contribution in [0.4, 0.5) is 4.39 Å². The molecule has 5 nitrogen and oxygen atoms in total. The molecule has 1 N–H and O–H groups in total. The molecule has 0 atom stereocenters. The lowest BCUT2D eigenvalue weighted by atomic mass is 10.2. The predicted molar refractivity (Wildman–Crippen MR) is 112 cm³/mol. The number of ether oxygens (including phenoxy) is 1. The van der Waals surface area contributed by atoms with E-state index in [4.69, 9.17) is 4.74 Å². The molecule has 0 aliphatic carbocycles. The zero-order valence-electron chi connectivity index (χ0n) is 16.3. The largest absolute Gasteiger partial charge is 0.488 e. The zero-order valence-corrected chi connectivity index (χ0v) is 17.2. The summed E-state index contributed by atoms with van der Waals surface area (Å²) in [4.78, 5) is 16.9. The van der Waals surface area contributed by atoms with E-state index in [0.29, 0.717) is 16.5 Å². The third kappa shape index (κ3) is 5.92. The number of halogens is 1. The average molecular weight is 415 g/mol. The van der Waals surface area contributed by atoms with Gasteiger partial charge in [-0.3, -0.25) is 9.36 Å². The summed E-state index contributed by atoms with van der Waals surface area (Å²) < 4.78 is 21.1. The smallest absolute Gasteiger partial charge is 0.287 e. The average Bonchev–Trinajstić information content (AvgIpc) is 2.68. The van der Waals surface area contributed by atoms with Crippen molar-refractivity contribution in [2.45, 2.75) is 30.9 Å². The lowest BCUT2D eigenvalue weighted by molar-refractivity contribution is 0.0272. The minimum atomic E-state index is -1.07. The van der Waals surface area contributed by atoms with Crippen molar-refractivity contribution >= 4 is 11.8 Å². The van der Waals surface area contributed by atoms with Crippen LogP contribution >= 0.6 is 11.8 Å². The highest BCUT2D eigenvalue weighted by Crippen LogP contribution is 2.22. The molecule has 2 aromatic carbocycles. The number of aromatic nitrogens is 2. The van der Waals surface area contributed by atoms with Gasteiger partial charge in [-0.2, -0.15) is 0 Å². The Morgan fingerprint density at radius 3 is 2.66 bits per heavy atom. The summed E-state index contributed by atoms with van der Waals surface area (Å²) in [6.07, 6.45) is 3.86. The van der Waals surface area contributed by atoms with Crippen molar-refractivity contribution in [1.29, 1.82) is 0 Å². The standard InChI is InChI=1S/C22H23FN2O3S/c1-22(2,27)15-28-19-9-8-17(14-18(19)23)25-12-11-24-20(21(25)26)29-13-10-16-6-4-3-5-7-16/h3-9,11-12,14,27H,10,13,15H2,1-2H3. The molecule has 152 valence electrons. The minimum Gasteiger partial charge on any atom is -0.488 e. The zero-order chi connectivity index (χ0) is 20.9. The summed E-state index contributed by atoms with van der Waals surface area (Å²) in [7, 11) is 0. The first-order valence-electron chi connectivity index (χ1n) is 9.23. The fraction of sp³-hybridized carbons (Fsp3) is 0.273. The highest BCUT2D eigenvalue weighted by atomic mass is 32.2. The minimum absolute atomic E-state index is 0.0236. The van der Waals surface area contributed by atoms with E-state index >= 15 is 0 Å². The lowest BCUT2D eigenvalue weighted by Crippen LogP contribution is -2.28. The van der Waals surface area contributed by atoms with Crippen molar-refractivity contribution in [3.05, 3.63) is 82.7 Å². The van der Waals surface area contributed by atoms with E-state index in [0.717, 1.165) is 6.42 Å². The van der Waals surface area contributed by atoms with Gasteiger partial charge < -0.3 is 9.84 Å². The van der Waals surface area contributed by atoms with Gasteiger partial charge in [0.15, 0.2) is 16.6 Å². The van der Waals surface area contributed by atoms with Crippen LogP contribution in [0.2, 0.25) is 0 Å². The van der Waals surface area contributed by atoms with Gasteiger partial charge in [0.2, 0.25) is 0 Å². The van der Waals surface area contributed by atoms with Crippen molar-refractivity contribution in [2.75, 3.05) is 12.4 Å². The van der Waals surface area contributed by atoms with Gasteiger partial charge in [-0.25, -0.2) is 9.37 Å². The molecule has 0 aliphatic rings. The van der Waals surface area contributed by atoms with Gasteiger partial charge in [-0.05, 0) is 38.0 Å². The Morgan fingerprint density at radius 2 is 1.97 bits per heavy atom. The highest BCUT2D eigenvalue weighted by Gasteiger charge is 2.16. The number of benzene rings is 2. The van der Waals surface area contributed by atoms with Crippen LogP contribution < -0.4 is 10.3 Å². The fourth-order valence-electron chi connectivity index (χ4n) is 2.62. The molecular weight excluding hydrogens is 391 g/mol. The van der Waals surface area contributed by atoms with Crippen LogP contribution in [0.15, 0.2) is 70.7 Å². The lowest BCUT2D eigenvalue weighted by Gasteiger charge is -2.18. The molecule has 29 heavy (non-hydrogen) atoms. The number of thioether (sulfide) groups is 1. The Hall–Kier alpha value is -2.64. The monoisotopic (exact) mass is 414 g/mol. The van der Waals surface area contributed by atoms with Gasteiger partial charge in [0, 0.05) is 24.2 Å². The molecule has 0 aliphatic heterocycles. The van der Waals surface area contributed by atoms with Crippen molar-refractivity contribution in [3.63, 3.8) is 0 Å². The predicted octanol–water partition coefficient (Wildman–Crippen LogP) is 3.86. The number of rotatable bonds is 8. The number of hydrogen-bond donors (Lipinski definition) is 1. The van der Waals surface area contributed by atoms with E-state index in [1.54, 1.807) is 19.9 Å². The summed E-state index contributed by atoms with van der Waals surface area (Å²) in [5.41, 5.74) is 0.212. The second-order valence-corrected chi connectivity index (χ2v) is 8.29. The van der Waals surface area contributed by atoms with Gasteiger partial charge in [0.1, 0.15) is 6.61 Å². The Balaban J connectivity index is 1.73. The molecule has 0 fully saturated rings. The Kier molecular flexibility index (Phi) is 6.71. The summed E-state index contributed by atoms with van der Waals surface area (Å²) >= 11 is 1.38. The van der Waals surface area contributed by atoms with Crippen LogP contribution in [0.3, 0.4) is 0 Å². The van der Waals surface area contributed by atoms with E-state index < -0.39 is 11.4 Å². The molecule has 3 rings (SSSR count). The quantitative estimate of drug-likeness (QED) is 0.567. The number of aliphatic hydroxyl groups is 1. The Labute approximate surface area is 173 Å². The molecule has 0 spiro atoms. The summed E-state index contributed by atoms with van der Waals surface area (Å²) in [5.74, 6) is 0.137. The molecule has 0 unspecified atom stereocenters. The van der Waals surface area contributed by atoms with Gasteiger partial charge in [-0.1, -0.05) is 30.3 Å². The van der Waals surface area contributed by atoms with Crippen LogP contribution in [-0.4, -0.2) is 32.6 Å². The van der Waals surface area contributed by atoms with Gasteiger partial charge in [0.25, 0.3) is 5.56 Å². The van der Waals surface area contributed by atoms with Crippen molar-refractivity contribution in [3.8, 4) is 11.4 Å². The summed E-state index contributed by atoms with van der Waals surface area (Å²) in [6, 6.07) is 14.3. The van der Waals surface area contributed by atoms with E-state index in [-0.39, 0.29) is 17.9 Å². The Bertz CT molecular complexity index is 1020. The molecular formula is C22H23FN2O3S. The maximum Gasteiger partial charge on any atom is 0.287 e. The molecule has 3 aromatic rings. The maximum absolute atomic E-state index is 14.4. The molecule has 7 heteroatoms. The molecule has 1 aromatic heterocycles. The van der Waals surface area contributed by atoms with Crippen LogP contribution in [0.1, 0.15) is 19.4 Å². The normalized spacial score (nSPS) is 11.4. The second kappa shape index (κ2) is 9.24. The first kappa shape index (κ1) is 21.1. The number of hydrogen-bond acceptors (Lipinski definition) is 5. The SMILES string of the molecule is CC(C)(O)COc1ccc(-n2ccnc(SCCc3ccccc3)c2=O)cc1F. The Morgan fingerprint density at radius 1 is 1.21 bits per heavy atom. The van der Waals surface area contributed by atoms with E-state index in [1.807, 2.05) is 30.3 Å². The highest BCUT2D eigenvalue weighted by molar-refractivity contribution is 7.99. The first-order chi connectivity index (χ1) is 13.8. The summed E-state index contributed by atoms with van der Waals surface area (Å²) in [5, 5.41) is 10.1. The third-order valence-corrected chi connectivity index (χ3v) is 5.02. The van der Waals surface area contributed by atoms with E-state index in [1.165, 1.54) is 46.4 Å². The first-order valence-corrected chi connectivity index (χ1v) is 10.2. The van der Waals surface area contributed by atoms with Crippen LogP contribution in [-0.2, 0) is 6.42 Å². The van der Waals surface area contributed by atoms with Crippen LogP contribution in [0, 0.1) is 5.82 Å². The fourth-order valence-corrected chi connectivity index (χ4v) is 3.51. The molecule has 0 saturated carbocycles. The number of aryl methyl sites for hydroxylation is 1. The molecule has 0 radical (unpaired) electrons. The molecule has 1 heterocycles. The van der Waals surface area contributed by atoms with Crippen molar-refractivity contribution in [1.82, 2.24) is 9.55 Å². The molecule has 0 bridgehead atoms. The van der Waals surface area contributed by atoms with Crippen LogP contribution in [0.25, 0.3) is 5.69 Å². The van der Waals surface area contributed by atoms with Gasteiger partial charge in [-0.15, -0.1) is 11.8 Å². The van der Waals surface area contributed by atoms with E-state index in [9.17, 15) is 14.3 Å². The summed E-state index contributed by atoms with van der Waals surface area (Å²) in [6.45, 7) is 3.11. The van der Waals surface area contributed by atoms with Gasteiger partial charge in [0.05, 0.1) is 11.3 Å². The topological polar surface area (TPSA) is 64.3 Å². The van der Waals surface area contributed by atoms with Gasteiger partial charge >= 0.3 is 0 Å². The maximum atomic E-state index is 14.4. The molecule has 0 amide bonds. The second-order valence-electron chi connectivity index (χ2n) is 7.21.